The van der Waals surface area contributed by atoms with Crippen molar-refractivity contribution in [3.8, 4) is 33.4 Å². The van der Waals surface area contributed by atoms with Crippen LogP contribution in [0.2, 0.25) is 0 Å². The summed E-state index contributed by atoms with van der Waals surface area (Å²) < 4.78 is 0. The van der Waals surface area contributed by atoms with E-state index in [9.17, 15) is 0 Å². The van der Waals surface area contributed by atoms with Gasteiger partial charge in [-0.25, -0.2) is 0 Å². The van der Waals surface area contributed by atoms with Gasteiger partial charge in [-0.1, -0.05) is 109 Å². The molecule has 1 spiro atoms. The number of hydrogen-bond acceptors (Lipinski definition) is 1. The van der Waals surface area contributed by atoms with Crippen LogP contribution in [-0.2, 0) is 5.41 Å². The predicted octanol–water partition coefficient (Wildman–Crippen LogP) is 7.28. The van der Waals surface area contributed by atoms with E-state index < -0.39 is 0 Å². The fourth-order valence-corrected chi connectivity index (χ4v) is 6.11. The van der Waals surface area contributed by atoms with Crippen molar-refractivity contribution in [3.05, 3.63) is 138 Å². The minimum Gasteiger partial charge on any atom is -0.398 e. The molecule has 1 nitrogen and oxygen atoms in total. The Bertz CT molecular complexity index is 1500. The van der Waals surface area contributed by atoms with E-state index in [4.69, 9.17) is 5.73 Å². The molecule has 0 atom stereocenters. The van der Waals surface area contributed by atoms with Crippen molar-refractivity contribution in [1.29, 1.82) is 0 Å². The third-order valence-corrected chi connectivity index (χ3v) is 7.27. The molecule has 0 heterocycles. The summed E-state index contributed by atoms with van der Waals surface area (Å²) in [6.45, 7) is 0. The second kappa shape index (κ2) is 6.21. The number of hydrogen-bond donors (Lipinski definition) is 1. The van der Waals surface area contributed by atoms with Crippen LogP contribution in [0.15, 0.2) is 115 Å². The molecule has 0 aliphatic heterocycles. The van der Waals surface area contributed by atoms with E-state index in [-0.39, 0.29) is 5.41 Å². The van der Waals surface area contributed by atoms with Gasteiger partial charge in [-0.15, -0.1) is 0 Å². The monoisotopic (exact) mass is 407 g/mol. The van der Waals surface area contributed by atoms with Crippen LogP contribution in [0.4, 0.5) is 5.69 Å². The molecule has 0 saturated heterocycles. The number of anilines is 1. The summed E-state index contributed by atoms with van der Waals surface area (Å²) in [5.41, 5.74) is 20.0. The van der Waals surface area contributed by atoms with Crippen LogP contribution >= 0.6 is 0 Å². The van der Waals surface area contributed by atoms with Crippen molar-refractivity contribution in [1.82, 2.24) is 0 Å². The Hall–Kier alpha value is -4.10. The van der Waals surface area contributed by atoms with Crippen LogP contribution in [0.5, 0.6) is 0 Å². The molecule has 2 aliphatic carbocycles. The Kier molecular flexibility index (Phi) is 3.41. The van der Waals surface area contributed by atoms with Crippen LogP contribution < -0.4 is 5.73 Å². The van der Waals surface area contributed by atoms with Gasteiger partial charge in [0.05, 0.1) is 5.41 Å². The summed E-state index contributed by atoms with van der Waals surface area (Å²) in [6.07, 6.45) is 0. The first-order chi connectivity index (χ1) is 15.8. The fraction of sp³-hybridized carbons (Fsp3) is 0.0323. The first-order valence-electron chi connectivity index (χ1n) is 11.1. The number of rotatable bonds is 1. The van der Waals surface area contributed by atoms with Crippen molar-refractivity contribution >= 4 is 5.69 Å². The summed E-state index contributed by atoms with van der Waals surface area (Å²) in [5.74, 6) is 0. The normalized spacial score (nSPS) is 14.0. The molecule has 32 heavy (non-hydrogen) atoms. The van der Waals surface area contributed by atoms with E-state index in [1.165, 1.54) is 50.1 Å². The summed E-state index contributed by atoms with van der Waals surface area (Å²) in [6, 6.07) is 41.6. The summed E-state index contributed by atoms with van der Waals surface area (Å²) in [5, 5.41) is 0. The molecule has 5 aromatic carbocycles. The molecule has 2 N–H and O–H groups in total. The van der Waals surface area contributed by atoms with Gasteiger partial charge in [0.2, 0.25) is 0 Å². The highest BCUT2D eigenvalue weighted by atomic mass is 14.6. The second-order valence-corrected chi connectivity index (χ2v) is 8.70. The molecular weight excluding hydrogens is 386 g/mol. The van der Waals surface area contributed by atoms with Crippen molar-refractivity contribution in [3.63, 3.8) is 0 Å². The molecule has 7 rings (SSSR count). The second-order valence-electron chi connectivity index (χ2n) is 8.70. The third kappa shape index (κ3) is 1.99. The highest BCUT2D eigenvalue weighted by molar-refractivity contribution is 6.01. The van der Waals surface area contributed by atoms with E-state index >= 15 is 0 Å². The molecular formula is C31H21N. The van der Waals surface area contributed by atoms with Crippen LogP contribution in [0, 0.1) is 0 Å². The van der Waals surface area contributed by atoms with Gasteiger partial charge in [0.25, 0.3) is 0 Å². The van der Waals surface area contributed by atoms with Gasteiger partial charge in [0.1, 0.15) is 0 Å². The van der Waals surface area contributed by atoms with E-state index in [2.05, 4.69) is 103 Å². The summed E-state index contributed by atoms with van der Waals surface area (Å²) >= 11 is 0. The van der Waals surface area contributed by atoms with Gasteiger partial charge in [0, 0.05) is 11.3 Å². The zero-order valence-corrected chi connectivity index (χ0v) is 17.5. The third-order valence-electron chi connectivity index (χ3n) is 7.27. The lowest BCUT2D eigenvalue weighted by Crippen LogP contribution is -2.25. The van der Waals surface area contributed by atoms with Gasteiger partial charge in [-0.3, -0.25) is 0 Å². The zero-order valence-electron chi connectivity index (χ0n) is 17.5. The largest absolute Gasteiger partial charge is 0.398 e. The molecule has 0 radical (unpaired) electrons. The number of benzene rings is 5. The molecule has 0 bridgehead atoms. The van der Waals surface area contributed by atoms with Crippen molar-refractivity contribution < 1.29 is 0 Å². The van der Waals surface area contributed by atoms with Crippen molar-refractivity contribution in [2.75, 3.05) is 5.73 Å². The maximum atomic E-state index is 6.46. The lowest BCUT2D eigenvalue weighted by Gasteiger charge is -2.30. The van der Waals surface area contributed by atoms with Gasteiger partial charge in [0.15, 0.2) is 0 Å². The number of nitrogens with two attached hydrogens (primary N) is 1. The van der Waals surface area contributed by atoms with Crippen LogP contribution in [0.1, 0.15) is 22.3 Å². The quantitative estimate of drug-likeness (QED) is 0.284. The average molecular weight is 408 g/mol. The zero-order chi connectivity index (χ0) is 21.3. The van der Waals surface area contributed by atoms with Crippen molar-refractivity contribution in [2.45, 2.75) is 5.41 Å². The van der Waals surface area contributed by atoms with E-state index in [1.807, 2.05) is 12.1 Å². The molecule has 0 unspecified atom stereocenters. The SMILES string of the molecule is Nc1ccccc1-c1cccc2c1-c1ccccc1C21c2ccccc2-c2ccccc21. The number of para-hydroxylation sites is 1. The lowest BCUT2D eigenvalue weighted by molar-refractivity contribution is 0.794. The average Bonchev–Trinajstić information content (AvgIpc) is 3.32. The molecule has 1 heteroatoms. The van der Waals surface area contributed by atoms with Crippen LogP contribution in [-0.4, -0.2) is 0 Å². The Labute approximate surface area is 187 Å². The topological polar surface area (TPSA) is 26.0 Å². The highest BCUT2D eigenvalue weighted by Gasteiger charge is 2.51. The maximum Gasteiger partial charge on any atom is 0.0725 e. The smallest absolute Gasteiger partial charge is 0.0725 e. The number of nitrogen functional groups attached to an aromatic ring is 1. The van der Waals surface area contributed by atoms with Gasteiger partial charge in [-0.2, -0.15) is 0 Å². The Balaban J connectivity index is 1.68. The molecule has 5 aromatic rings. The number of fused-ring (bicyclic) bond motifs is 10. The Morgan fingerprint density at radius 2 is 0.812 bits per heavy atom. The van der Waals surface area contributed by atoms with Gasteiger partial charge in [-0.05, 0) is 56.1 Å². The van der Waals surface area contributed by atoms with Crippen LogP contribution in [0.25, 0.3) is 33.4 Å². The van der Waals surface area contributed by atoms with Crippen molar-refractivity contribution in [2.24, 2.45) is 0 Å². The lowest BCUT2D eigenvalue weighted by atomic mass is 9.70. The molecule has 0 amide bonds. The van der Waals surface area contributed by atoms with Crippen LogP contribution in [0.3, 0.4) is 0 Å². The minimum absolute atomic E-state index is 0.307. The molecule has 2 aliphatic rings. The predicted molar refractivity (Wildman–Crippen MR) is 133 cm³/mol. The summed E-state index contributed by atoms with van der Waals surface area (Å²) in [7, 11) is 0. The molecule has 0 aromatic heterocycles. The fourth-order valence-electron chi connectivity index (χ4n) is 6.11. The molecule has 0 saturated carbocycles. The van der Waals surface area contributed by atoms with Gasteiger partial charge < -0.3 is 5.73 Å². The molecule has 0 fully saturated rings. The first kappa shape index (κ1) is 17.6. The maximum absolute atomic E-state index is 6.46. The van der Waals surface area contributed by atoms with E-state index in [0.29, 0.717) is 0 Å². The first-order valence-corrected chi connectivity index (χ1v) is 11.1. The highest BCUT2D eigenvalue weighted by Crippen LogP contribution is 2.63. The standard InChI is InChI=1S/C31H21N/c32-29-19-8-4-12-22(29)23-14-9-18-28-30(23)24-13-3-7-17-27(24)31(28)25-15-5-1-10-20(25)21-11-2-6-16-26(21)31/h1-19H,32H2. The Morgan fingerprint density at radius 1 is 0.375 bits per heavy atom. The Morgan fingerprint density at radius 3 is 1.44 bits per heavy atom. The molecule has 150 valence electrons. The van der Waals surface area contributed by atoms with E-state index in [1.54, 1.807) is 0 Å². The minimum atomic E-state index is -0.307. The summed E-state index contributed by atoms with van der Waals surface area (Å²) in [4.78, 5) is 0. The van der Waals surface area contributed by atoms with Gasteiger partial charge >= 0.3 is 0 Å². The van der Waals surface area contributed by atoms with E-state index in [0.717, 1.165) is 11.3 Å².